The van der Waals surface area contributed by atoms with E-state index < -0.39 is 0 Å². The van der Waals surface area contributed by atoms with E-state index in [4.69, 9.17) is 5.11 Å². The number of aliphatic hydroxyl groups is 1. The van der Waals surface area contributed by atoms with E-state index in [0.29, 0.717) is 0 Å². The first-order valence-electron chi connectivity index (χ1n) is 4.60. The van der Waals surface area contributed by atoms with Crippen LogP contribution in [0.5, 0.6) is 0 Å². The Bertz CT molecular complexity index is 491. The highest BCUT2D eigenvalue weighted by atomic mass is 16.2. The Morgan fingerprint density at radius 3 is 2.80 bits per heavy atom. The number of aliphatic hydroxyl groups excluding tert-OH is 1. The molecule has 15 heavy (non-hydrogen) atoms. The molecule has 3 nitrogen and oxygen atoms in total. The Kier molecular flexibility index (Phi) is 2.82. The number of rotatable bonds is 1. The first-order valence-corrected chi connectivity index (χ1v) is 4.60. The molecule has 2 rings (SSSR count). The number of para-hydroxylation sites is 1. The maximum atomic E-state index is 8.55. The molecule has 3 heteroatoms. The molecule has 0 unspecified atom stereocenters. The molecule has 0 spiro atoms. The van der Waals surface area contributed by atoms with Crippen molar-refractivity contribution in [1.82, 2.24) is 9.78 Å². The molecule has 74 valence electrons. The minimum atomic E-state index is -0.128. The number of nitrogens with zero attached hydrogens (tertiary/aromatic N) is 2. The Morgan fingerprint density at radius 1 is 1.27 bits per heavy atom. The molecule has 0 saturated heterocycles. The molecule has 1 heterocycles. The van der Waals surface area contributed by atoms with Gasteiger partial charge in [0.2, 0.25) is 0 Å². The molecule has 0 atom stereocenters. The van der Waals surface area contributed by atoms with E-state index in [0.717, 1.165) is 11.3 Å². The third-order valence-corrected chi connectivity index (χ3v) is 1.92. The molecule has 0 amide bonds. The zero-order valence-electron chi connectivity index (χ0n) is 8.09. The van der Waals surface area contributed by atoms with Crippen LogP contribution >= 0.6 is 0 Å². The highest BCUT2D eigenvalue weighted by molar-refractivity contribution is 5.35. The van der Waals surface area contributed by atoms with Crippen LogP contribution in [0.25, 0.3) is 5.69 Å². The predicted octanol–water partition coefficient (Wildman–Crippen LogP) is 1.22. The maximum Gasteiger partial charge on any atom is 0.104 e. The van der Waals surface area contributed by atoms with Gasteiger partial charge in [-0.05, 0) is 12.1 Å². The lowest BCUT2D eigenvalue weighted by Crippen LogP contribution is -1.92. The summed E-state index contributed by atoms with van der Waals surface area (Å²) in [6, 6.07) is 9.80. The summed E-state index contributed by atoms with van der Waals surface area (Å²) in [6.45, 7) is -0.128. The third kappa shape index (κ3) is 2.25. The first kappa shape index (κ1) is 9.50. The van der Waals surface area contributed by atoms with Gasteiger partial charge in [0.05, 0.1) is 17.4 Å². The van der Waals surface area contributed by atoms with Gasteiger partial charge in [-0.1, -0.05) is 30.0 Å². The zero-order valence-corrected chi connectivity index (χ0v) is 8.09. The lowest BCUT2D eigenvalue weighted by atomic mass is 10.3. The predicted molar refractivity (Wildman–Crippen MR) is 57.5 cm³/mol. The van der Waals surface area contributed by atoms with Crippen LogP contribution in [-0.2, 0) is 0 Å². The molecule has 1 aromatic heterocycles. The molecular formula is C12H10N2O. The fourth-order valence-corrected chi connectivity index (χ4v) is 1.25. The summed E-state index contributed by atoms with van der Waals surface area (Å²) in [6.07, 6.45) is 3.51. The van der Waals surface area contributed by atoms with Crippen LogP contribution in [0, 0.1) is 11.8 Å². The molecule has 0 saturated carbocycles. The summed E-state index contributed by atoms with van der Waals surface area (Å²) in [5, 5.41) is 12.7. The highest BCUT2D eigenvalue weighted by Gasteiger charge is 1.96. The fourth-order valence-electron chi connectivity index (χ4n) is 1.25. The Morgan fingerprint density at radius 2 is 2.07 bits per heavy atom. The summed E-state index contributed by atoms with van der Waals surface area (Å²) >= 11 is 0. The van der Waals surface area contributed by atoms with E-state index in [1.165, 1.54) is 0 Å². The van der Waals surface area contributed by atoms with E-state index in [-0.39, 0.29) is 6.61 Å². The zero-order chi connectivity index (χ0) is 10.5. The van der Waals surface area contributed by atoms with Gasteiger partial charge >= 0.3 is 0 Å². The number of hydrogen-bond donors (Lipinski definition) is 1. The van der Waals surface area contributed by atoms with Gasteiger partial charge in [-0.25, -0.2) is 4.68 Å². The minimum Gasteiger partial charge on any atom is -0.384 e. The van der Waals surface area contributed by atoms with E-state index in [1.54, 1.807) is 10.9 Å². The van der Waals surface area contributed by atoms with Crippen molar-refractivity contribution in [2.45, 2.75) is 0 Å². The SMILES string of the molecule is OCC#Cc1cnn(-c2ccccc2)c1. The van der Waals surface area contributed by atoms with Gasteiger partial charge < -0.3 is 5.11 Å². The maximum absolute atomic E-state index is 8.55. The molecule has 1 aromatic carbocycles. The van der Waals surface area contributed by atoms with Gasteiger partial charge in [-0.15, -0.1) is 0 Å². The smallest absolute Gasteiger partial charge is 0.104 e. The van der Waals surface area contributed by atoms with Crippen molar-refractivity contribution in [3.8, 4) is 17.5 Å². The normalized spacial score (nSPS) is 9.40. The van der Waals surface area contributed by atoms with Crippen LogP contribution in [0.3, 0.4) is 0 Å². The molecular weight excluding hydrogens is 188 g/mol. The topological polar surface area (TPSA) is 38.1 Å². The second-order valence-corrected chi connectivity index (χ2v) is 2.97. The van der Waals surface area contributed by atoms with Gasteiger partial charge in [0.25, 0.3) is 0 Å². The van der Waals surface area contributed by atoms with Crippen molar-refractivity contribution in [2.24, 2.45) is 0 Å². The molecule has 0 aliphatic carbocycles. The standard InChI is InChI=1S/C12H10N2O/c15-8-4-5-11-9-13-14(10-11)12-6-2-1-3-7-12/h1-3,6-7,9-10,15H,8H2. The molecule has 0 aliphatic rings. The molecule has 0 aliphatic heterocycles. The molecule has 1 N–H and O–H groups in total. The lowest BCUT2D eigenvalue weighted by molar-refractivity contribution is 0.350. The van der Waals surface area contributed by atoms with Gasteiger partial charge in [-0.2, -0.15) is 5.10 Å². The van der Waals surface area contributed by atoms with Crippen LogP contribution in [0.4, 0.5) is 0 Å². The molecule has 2 aromatic rings. The van der Waals surface area contributed by atoms with Crippen LogP contribution in [0.2, 0.25) is 0 Å². The van der Waals surface area contributed by atoms with Crippen LogP contribution < -0.4 is 0 Å². The largest absolute Gasteiger partial charge is 0.384 e. The highest BCUT2D eigenvalue weighted by Crippen LogP contribution is 2.06. The summed E-state index contributed by atoms with van der Waals surface area (Å²) in [4.78, 5) is 0. The quantitative estimate of drug-likeness (QED) is 0.699. The summed E-state index contributed by atoms with van der Waals surface area (Å²) in [7, 11) is 0. The van der Waals surface area contributed by atoms with E-state index in [2.05, 4.69) is 16.9 Å². The summed E-state index contributed by atoms with van der Waals surface area (Å²) in [5.74, 6) is 5.38. The average molecular weight is 198 g/mol. The summed E-state index contributed by atoms with van der Waals surface area (Å²) < 4.78 is 1.75. The third-order valence-electron chi connectivity index (χ3n) is 1.92. The second kappa shape index (κ2) is 4.45. The van der Waals surface area contributed by atoms with Crippen molar-refractivity contribution < 1.29 is 5.11 Å². The Balaban J connectivity index is 2.28. The van der Waals surface area contributed by atoms with Crippen LogP contribution in [0.15, 0.2) is 42.7 Å². The van der Waals surface area contributed by atoms with Crippen molar-refractivity contribution in [3.63, 3.8) is 0 Å². The minimum absolute atomic E-state index is 0.128. The number of benzene rings is 1. The first-order chi connectivity index (χ1) is 7.40. The van der Waals surface area contributed by atoms with Crippen molar-refractivity contribution in [3.05, 3.63) is 48.3 Å². The van der Waals surface area contributed by atoms with Gasteiger partial charge in [0, 0.05) is 6.20 Å². The Labute approximate surface area is 88.0 Å². The van der Waals surface area contributed by atoms with Crippen molar-refractivity contribution in [2.75, 3.05) is 6.61 Å². The average Bonchev–Trinajstić information content (AvgIpc) is 2.76. The number of aromatic nitrogens is 2. The lowest BCUT2D eigenvalue weighted by Gasteiger charge is -1.97. The van der Waals surface area contributed by atoms with E-state index in [9.17, 15) is 0 Å². The van der Waals surface area contributed by atoms with Gasteiger partial charge in [0.1, 0.15) is 6.61 Å². The van der Waals surface area contributed by atoms with Gasteiger partial charge in [-0.3, -0.25) is 0 Å². The Hall–Kier alpha value is -2.05. The fraction of sp³-hybridized carbons (Fsp3) is 0.0833. The molecule has 0 fully saturated rings. The molecule has 0 bridgehead atoms. The molecule has 0 radical (unpaired) electrons. The van der Waals surface area contributed by atoms with Crippen molar-refractivity contribution >= 4 is 0 Å². The van der Waals surface area contributed by atoms with Crippen molar-refractivity contribution in [1.29, 1.82) is 0 Å². The summed E-state index contributed by atoms with van der Waals surface area (Å²) in [5.41, 5.74) is 1.79. The number of hydrogen-bond acceptors (Lipinski definition) is 2. The van der Waals surface area contributed by atoms with E-state index in [1.807, 2.05) is 36.5 Å². The van der Waals surface area contributed by atoms with Crippen LogP contribution in [-0.4, -0.2) is 21.5 Å². The van der Waals surface area contributed by atoms with Crippen LogP contribution in [0.1, 0.15) is 5.56 Å². The second-order valence-electron chi connectivity index (χ2n) is 2.97. The van der Waals surface area contributed by atoms with Gasteiger partial charge in [0.15, 0.2) is 0 Å². The monoisotopic (exact) mass is 198 g/mol. The van der Waals surface area contributed by atoms with E-state index >= 15 is 0 Å².